The molecule has 0 aromatic heterocycles. The summed E-state index contributed by atoms with van der Waals surface area (Å²) in [6.45, 7) is -0.0753. The Balaban J connectivity index is 2.91. The van der Waals surface area contributed by atoms with Crippen molar-refractivity contribution in [2.45, 2.75) is 12.3 Å². The van der Waals surface area contributed by atoms with E-state index >= 15 is 0 Å². The summed E-state index contributed by atoms with van der Waals surface area (Å²) in [6.07, 6.45) is -0.393. The van der Waals surface area contributed by atoms with E-state index in [0.717, 1.165) is 11.1 Å². The topological polar surface area (TPSA) is 64.7 Å². The van der Waals surface area contributed by atoms with Crippen LogP contribution >= 0.6 is 0 Å². The Morgan fingerprint density at radius 3 is 2.40 bits per heavy atom. The van der Waals surface area contributed by atoms with Crippen molar-refractivity contribution in [2.75, 3.05) is 20.8 Å². The van der Waals surface area contributed by atoms with E-state index in [9.17, 15) is 0 Å². The minimum absolute atomic E-state index is 0.0753. The maximum atomic E-state index is 8.94. The van der Waals surface area contributed by atoms with Crippen LogP contribution in [0.25, 0.3) is 0 Å². The molecule has 1 aromatic carbocycles. The van der Waals surface area contributed by atoms with Crippen molar-refractivity contribution in [1.82, 2.24) is 0 Å². The highest BCUT2D eigenvalue weighted by molar-refractivity contribution is 5.26. The highest BCUT2D eigenvalue weighted by Crippen LogP contribution is 2.20. The maximum Gasteiger partial charge on any atom is 0.183 e. The Morgan fingerprint density at radius 2 is 1.87 bits per heavy atom. The van der Waals surface area contributed by atoms with Gasteiger partial charge in [-0.3, -0.25) is 0 Å². The molecule has 0 heterocycles. The molecular formula is C11H17NO3. The first-order valence-corrected chi connectivity index (χ1v) is 4.74. The maximum absolute atomic E-state index is 8.94. The minimum Gasteiger partial charge on any atom is -0.394 e. The Hall–Kier alpha value is -0.940. The van der Waals surface area contributed by atoms with Crippen molar-refractivity contribution in [3.05, 3.63) is 35.4 Å². The van der Waals surface area contributed by atoms with Crippen LogP contribution in [0.1, 0.15) is 23.5 Å². The fraction of sp³-hybridized carbons (Fsp3) is 0.455. The van der Waals surface area contributed by atoms with Gasteiger partial charge >= 0.3 is 0 Å². The fourth-order valence-electron chi connectivity index (χ4n) is 1.41. The largest absolute Gasteiger partial charge is 0.394 e. The SMILES string of the molecule is COC(OC)c1cccc(C(N)CO)c1. The number of hydrogen-bond donors (Lipinski definition) is 2. The molecule has 0 saturated heterocycles. The summed E-state index contributed by atoms with van der Waals surface area (Å²) in [5, 5.41) is 8.94. The summed E-state index contributed by atoms with van der Waals surface area (Å²) in [5.74, 6) is 0. The molecule has 1 rings (SSSR count). The molecule has 0 bridgehead atoms. The average Bonchev–Trinajstić information content (AvgIpc) is 2.30. The van der Waals surface area contributed by atoms with E-state index in [4.69, 9.17) is 20.3 Å². The Labute approximate surface area is 89.6 Å². The first-order chi connectivity index (χ1) is 7.22. The third-order valence-electron chi connectivity index (χ3n) is 2.24. The molecule has 1 unspecified atom stereocenters. The second-order valence-corrected chi connectivity index (χ2v) is 3.26. The third kappa shape index (κ3) is 3.00. The van der Waals surface area contributed by atoms with Gasteiger partial charge in [0.25, 0.3) is 0 Å². The minimum atomic E-state index is -0.393. The van der Waals surface area contributed by atoms with E-state index in [1.807, 2.05) is 24.3 Å². The van der Waals surface area contributed by atoms with E-state index in [1.165, 1.54) is 0 Å². The molecule has 0 aliphatic rings. The Kier molecular flexibility index (Phi) is 4.71. The predicted molar refractivity (Wildman–Crippen MR) is 57.2 cm³/mol. The number of rotatable bonds is 5. The summed E-state index contributed by atoms with van der Waals surface area (Å²) in [5.41, 5.74) is 7.47. The number of benzene rings is 1. The summed E-state index contributed by atoms with van der Waals surface area (Å²) >= 11 is 0. The molecule has 0 aliphatic carbocycles. The number of nitrogens with two attached hydrogens (primary N) is 1. The zero-order valence-corrected chi connectivity index (χ0v) is 9.01. The zero-order valence-electron chi connectivity index (χ0n) is 9.01. The van der Waals surface area contributed by atoms with Crippen LogP contribution in [0, 0.1) is 0 Å². The number of aliphatic hydroxyl groups is 1. The van der Waals surface area contributed by atoms with Crippen molar-refractivity contribution in [1.29, 1.82) is 0 Å². The van der Waals surface area contributed by atoms with Crippen molar-refractivity contribution < 1.29 is 14.6 Å². The lowest BCUT2D eigenvalue weighted by Gasteiger charge is -2.16. The highest BCUT2D eigenvalue weighted by Gasteiger charge is 2.11. The molecule has 0 amide bonds. The first kappa shape index (κ1) is 12.1. The van der Waals surface area contributed by atoms with Crippen LogP contribution in [0.15, 0.2) is 24.3 Å². The predicted octanol–water partition coefficient (Wildman–Crippen LogP) is 0.970. The van der Waals surface area contributed by atoms with Crippen LogP contribution in [0.5, 0.6) is 0 Å². The monoisotopic (exact) mass is 211 g/mol. The van der Waals surface area contributed by atoms with E-state index in [2.05, 4.69) is 0 Å². The van der Waals surface area contributed by atoms with E-state index in [-0.39, 0.29) is 12.6 Å². The van der Waals surface area contributed by atoms with Crippen LogP contribution in [-0.2, 0) is 9.47 Å². The quantitative estimate of drug-likeness (QED) is 0.712. The summed E-state index contributed by atoms with van der Waals surface area (Å²) in [7, 11) is 3.15. The third-order valence-corrected chi connectivity index (χ3v) is 2.24. The molecule has 0 spiro atoms. The van der Waals surface area contributed by atoms with Crippen LogP contribution in [-0.4, -0.2) is 25.9 Å². The van der Waals surface area contributed by atoms with Crippen LogP contribution in [0.4, 0.5) is 0 Å². The van der Waals surface area contributed by atoms with Gasteiger partial charge in [-0.25, -0.2) is 0 Å². The summed E-state index contributed by atoms with van der Waals surface area (Å²) in [4.78, 5) is 0. The number of hydrogen-bond acceptors (Lipinski definition) is 4. The molecule has 1 atom stereocenters. The standard InChI is InChI=1S/C11H17NO3/c1-14-11(15-2)9-5-3-4-8(6-9)10(12)7-13/h3-6,10-11,13H,7,12H2,1-2H3. The molecular weight excluding hydrogens is 194 g/mol. The molecule has 0 fully saturated rings. The average molecular weight is 211 g/mol. The molecule has 1 aromatic rings. The molecule has 0 radical (unpaired) electrons. The van der Waals surface area contributed by atoms with Crippen LogP contribution in [0.3, 0.4) is 0 Å². The fourth-order valence-corrected chi connectivity index (χ4v) is 1.41. The highest BCUT2D eigenvalue weighted by atomic mass is 16.7. The van der Waals surface area contributed by atoms with Crippen molar-refractivity contribution >= 4 is 0 Å². The van der Waals surface area contributed by atoms with Crippen molar-refractivity contribution in [3.8, 4) is 0 Å². The van der Waals surface area contributed by atoms with E-state index in [1.54, 1.807) is 14.2 Å². The van der Waals surface area contributed by atoms with E-state index < -0.39 is 6.29 Å². The van der Waals surface area contributed by atoms with Gasteiger partial charge in [-0.2, -0.15) is 0 Å². The van der Waals surface area contributed by atoms with Gasteiger partial charge in [-0.1, -0.05) is 18.2 Å². The van der Waals surface area contributed by atoms with Gasteiger partial charge in [0.2, 0.25) is 0 Å². The lowest BCUT2D eigenvalue weighted by molar-refractivity contribution is -0.106. The van der Waals surface area contributed by atoms with Gasteiger partial charge in [0.05, 0.1) is 12.6 Å². The van der Waals surface area contributed by atoms with Crippen molar-refractivity contribution in [2.24, 2.45) is 5.73 Å². The number of methoxy groups -OCH3 is 2. The second-order valence-electron chi connectivity index (χ2n) is 3.26. The van der Waals surface area contributed by atoms with Gasteiger partial charge in [0.1, 0.15) is 0 Å². The van der Waals surface area contributed by atoms with Crippen molar-refractivity contribution in [3.63, 3.8) is 0 Å². The molecule has 0 saturated carbocycles. The number of ether oxygens (including phenoxy) is 2. The van der Waals surface area contributed by atoms with Crippen LogP contribution in [0.2, 0.25) is 0 Å². The van der Waals surface area contributed by atoms with Gasteiger partial charge in [0, 0.05) is 19.8 Å². The van der Waals surface area contributed by atoms with Gasteiger partial charge in [0.15, 0.2) is 6.29 Å². The molecule has 4 heteroatoms. The second kappa shape index (κ2) is 5.82. The lowest BCUT2D eigenvalue weighted by Crippen LogP contribution is -2.15. The van der Waals surface area contributed by atoms with Gasteiger partial charge < -0.3 is 20.3 Å². The lowest BCUT2D eigenvalue weighted by atomic mass is 10.0. The molecule has 3 N–H and O–H groups in total. The first-order valence-electron chi connectivity index (χ1n) is 4.74. The Bertz CT molecular complexity index is 300. The molecule has 4 nitrogen and oxygen atoms in total. The van der Waals surface area contributed by atoms with Gasteiger partial charge in [-0.05, 0) is 11.6 Å². The zero-order chi connectivity index (χ0) is 11.3. The smallest absolute Gasteiger partial charge is 0.183 e. The number of aliphatic hydroxyl groups excluding tert-OH is 1. The normalized spacial score (nSPS) is 13.1. The molecule has 84 valence electrons. The van der Waals surface area contributed by atoms with Gasteiger partial charge in [-0.15, -0.1) is 0 Å². The Morgan fingerprint density at radius 1 is 1.27 bits per heavy atom. The molecule has 0 aliphatic heterocycles. The molecule has 15 heavy (non-hydrogen) atoms. The van der Waals surface area contributed by atoms with Crippen LogP contribution < -0.4 is 5.73 Å². The summed E-state index contributed by atoms with van der Waals surface area (Å²) in [6, 6.07) is 7.14. The summed E-state index contributed by atoms with van der Waals surface area (Å²) < 4.78 is 10.3. The van der Waals surface area contributed by atoms with E-state index in [0.29, 0.717) is 0 Å².